The highest BCUT2D eigenvalue weighted by molar-refractivity contribution is 5.98. The molecule has 0 aliphatic heterocycles. The Labute approximate surface area is 118 Å². The van der Waals surface area contributed by atoms with Crippen LogP contribution in [0.1, 0.15) is 25.1 Å². The Morgan fingerprint density at radius 2 is 2.05 bits per heavy atom. The molecule has 3 N–H and O–H groups in total. The maximum absolute atomic E-state index is 12.4. The molecule has 0 saturated carbocycles. The number of carbonyl (C=O) groups is 1. The highest BCUT2D eigenvalue weighted by Gasteiger charge is 2.31. The summed E-state index contributed by atoms with van der Waals surface area (Å²) in [7, 11) is 1.83. The van der Waals surface area contributed by atoms with Crippen molar-refractivity contribution >= 4 is 11.6 Å². The van der Waals surface area contributed by atoms with Crippen molar-refractivity contribution in [1.29, 1.82) is 0 Å². The van der Waals surface area contributed by atoms with Crippen molar-refractivity contribution in [3.05, 3.63) is 47.8 Å². The van der Waals surface area contributed by atoms with Gasteiger partial charge in [0.2, 0.25) is 5.91 Å². The second-order valence-electron chi connectivity index (χ2n) is 5.04. The molecule has 1 amide bonds. The van der Waals surface area contributed by atoms with Crippen molar-refractivity contribution in [1.82, 2.24) is 9.78 Å². The number of anilines is 1. The lowest BCUT2D eigenvalue weighted by Gasteiger charge is -2.23. The van der Waals surface area contributed by atoms with Gasteiger partial charge < -0.3 is 11.1 Å². The minimum atomic E-state index is -1.08. The molecule has 2 rings (SSSR count). The average molecular weight is 272 g/mol. The van der Waals surface area contributed by atoms with E-state index in [4.69, 9.17) is 5.73 Å². The Morgan fingerprint density at radius 1 is 1.40 bits per heavy atom. The Morgan fingerprint density at radius 3 is 2.65 bits per heavy atom. The molecular formula is C15H20N4O. The van der Waals surface area contributed by atoms with Crippen LogP contribution in [0.15, 0.2) is 36.5 Å². The van der Waals surface area contributed by atoms with Gasteiger partial charge in [-0.05, 0) is 18.9 Å². The van der Waals surface area contributed by atoms with Crippen LogP contribution < -0.4 is 11.1 Å². The fraction of sp³-hybridized carbons (Fsp3) is 0.333. The first kappa shape index (κ1) is 14.3. The molecule has 0 saturated heterocycles. The first-order chi connectivity index (χ1) is 9.45. The summed E-state index contributed by atoms with van der Waals surface area (Å²) in [5, 5.41) is 7.17. The molecule has 1 aromatic carbocycles. The van der Waals surface area contributed by atoms with Crippen LogP contribution in [0.2, 0.25) is 0 Å². The summed E-state index contributed by atoms with van der Waals surface area (Å²) in [4.78, 5) is 12.4. The number of aryl methyl sites for hydroxylation is 2. The van der Waals surface area contributed by atoms with E-state index < -0.39 is 5.54 Å². The van der Waals surface area contributed by atoms with Crippen molar-refractivity contribution < 1.29 is 4.79 Å². The SMILES string of the molecule is CCc1nn(C)cc1NC(=O)C(C)(N)c1ccccc1. The molecule has 1 aromatic heterocycles. The Kier molecular flexibility index (Phi) is 3.90. The fourth-order valence-electron chi connectivity index (χ4n) is 2.07. The van der Waals surface area contributed by atoms with Gasteiger partial charge in [0.05, 0.1) is 11.4 Å². The minimum Gasteiger partial charge on any atom is -0.321 e. The van der Waals surface area contributed by atoms with E-state index in [0.717, 1.165) is 17.7 Å². The number of carbonyl (C=O) groups excluding carboxylic acids is 1. The zero-order valence-electron chi connectivity index (χ0n) is 12.1. The van der Waals surface area contributed by atoms with Gasteiger partial charge in [-0.15, -0.1) is 0 Å². The van der Waals surface area contributed by atoms with Crippen molar-refractivity contribution in [2.45, 2.75) is 25.8 Å². The van der Waals surface area contributed by atoms with Crippen LogP contribution in [0, 0.1) is 0 Å². The highest BCUT2D eigenvalue weighted by Crippen LogP contribution is 2.21. The second kappa shape index (κ2) is 5.46. The summed E-state index contributed by atoms with van der Waals surface area (Å²) < 4.78 is 1.69. The van der Waals surface area contributed by atoms with Crippen LogP contribution in [0.25, 0.3) is 0 Å². The zero-order valence-corrected chi connectivity index (χ0v) is 12.1. The van der Waals surface area contributed by atoms with Crippen LogP contribution in [-0.4, -0.2) is 15.7 Å². The van der Waals surface area contributed by atoms with E-state index in [1.165, 1.54) is 0 Å². The standard InChI is InChI=1S/C15H20N4O/c1-4-12-13(10-19(3)18-12)17-14(20)15(2,16)11-8-6-5-7-9-11/h5-10H,4,16H2,1-3H3,(H,17,20). The van der Waals surface area contributed by atoms with Gasteiger partial charge in [0.25, 0.3) is 0 Å². The Hall–Kier alpha value is -2.14. The molecule has 2 aromatic rings. The molecule has 5 heteroatoms. The lowest BCUT2D eigenvalue weighted by molar-refractivity contribution is -0.120. The molecule has 0 spiro atoms. The van der Waals surface area contributed by atoms with Crippen LogP contribution in [0.3, 0.4) is 0 Å². The van der Waals surface area contributed by atoms with E-state index in [0.29, 0.717) is 5.69 Å². The molecule has 106 valence electrons. The highest BCUT2D eigenvalue weighted by atomic mass is 16.2. The van der Waals surface area contributed by atoms with Crippen molar-refractivity contribution in [3.63, 3.8) is 0 Å². The monoisotopic (exact) mass is 272 g/mol. The van der Waals surface area contributed by atoms with Gasteiger partial charge in [-0.3, -0.25) is 9.48 Å². The molecule has 0 fully saturated rings. The third-order valence-corrected chi connectivity index (χ3v) is 3.33. The van der Waals surface area contributed by atoms with E-state index in [9.17, 15) is 4.79 Å². The van der Waals surface area contributed by atoms with Gasteiger partial charge in [0, 0.05) is 13.2 Å². The zero-order chi connectivity index (χ0) is 14.8. The van der Waals surface area contributed by atoms with Crippen LogP contribution in [-0.2, 0) is 23.8 Å². The maximum Gasteiger partial charge on any atom is 0.248 e. The summed E-state index contributed by atoms with van der Waals surface area (Å²) in [6, 6.07) is 9.34. The molecule has 5 nitrogen and oxygen atoms in total. The van der Waals surface area contributed by atoms with E-state index in [2.05, 4.69) is 10.4 Å². The normalized spacial score (nSPS) is 13.8. The van der Waals surface area contributed by atoms with Crippen molar-refractivity contribution in [2.24, 2.45) is 12.8 Å². The summed E-state index contributed by atoms with van der Waals surface area (Å²) in [6.45, 7) is 3.70. The lowest BCUT2D eigenvalue weighted by Crippen LogP contribution is -2.45. The number of benzene rings is 1. The molecule has 20 heavy (non-hydrogen) atoms. The number of nitrogens with zero attached hydrogens (tertiary/aromatic N) is 2. The second-order valence-corrected chi connectivity index (χ2v) is 5.04. The summed E-state index contributed by atoms with van der Waals surface area (Å²) in [5.41, 5.74) is 7.45. The molecule has 0 aliphatic rings. The summed E-state index contributed by atoms with van der Waals surface area (Å²) >= 11 is 0. The number of hydrogen-bond donors (Lipinski definition) is 2. The average Bonchev–Trinajstić information content (AvgIpc) is 2.79. The van der Waals surface area contributed by atoms with E-state index in [1.54, 1.807) is 17.8 Å². The summed E-state index contributed by atoms with van der Waals surface area (Å²) in [6.07, 6.45) is 2.54. The largest absolute Gasteiger partial charge is 0.321 e. The molecule has 1 heterocycles. The molecule has 1 atom stereocenters. The number of aromatic nitrogens is 2. The number of nitrogens with one attached hydrogen (secondary N) is 1. The molecule has 1 unspecified atom stereocenters. The van der Waals surface area contributed by atoms with Gasteiger partial charge in [-0.2, -0.15) is 5.10 Å². The first-order valence-corrected chi connectivity index (χ1v) is 6.63. The topological polar surface area (TPSA) is 72.9 Å². The van der Waals surface area contributed by atoms with Crippen molar-refractivity contribution in [2.75, 3.05) is 5.32 Å². The predicted octanol–water partition coefficient (Wildman–Crippen LogP) is 1.80. The Balaban J connectivity index is 2.23. The van der Waals surface area contributed by atoms with Gasteiger partial charge in [0.15, 0.2) is 0 Å². The van der Waals surface area contributed by atoms with Crippen LogP contribution >= 0.6 is 0 Å². The quantitative estimate of drug-likeness (QED) is 0.891. The molecule has 0 radical (unpaired) electrons. The number of hydrogen-bond acceptors (Lipinski definition) is 3. The smallest absolute Gasteiger partial charge is 0.248 e. The number of amides is 1. The van der Waals surface area contributed by atoms with E-state index in [-0.39, 0.29) is 5.91 Å². The first-order valence-electron chi connectivity index (χ1n) is 6.63. The van der Waals surface area contributed by atoms with Gasteiger partial charge in [-0.25, -0.2) is 0 Å². The maximum atomic E-state index is 12.4. The molecular weight excluding hydrogens is 252 g/mol. The van der Waals surface area contributed by atoms with Crippen molar-refractivity contribution in [3.8, 4) is 0 Å². The minimum absolute atomic E-state index is 0.244. The van der Waals surface area contributed by atoms with Gasteiger partial charge >= 0.3 is 0 Å². The summed E-state index contributed by atoms with van der Waals surface area (Å²) in [5.74, 6) is -0.244. The third-order valence-electron chi connectivity index (χ3n) is 3.33. The number of nitrogens with two attached hydrogens (primary N) is 1. The molecule has 0 aliphatic carbocycles. The van der Waals surface area contributed by atoms with E-state index >= 15 is 0 Å². The predicted molar refractivity (Wildman–Crippen MR) is 79.2 cm³/mol. The lowest BCUT2D eigenvalue weighted by atomic mass is 9.92. The van der Waals surface area contributed by atoms with Crippen LogP contribution in [0.5, 0.6) is 0 Å². The Bertz CT molecular complexity index is 602. The van der Waals surface area contributed by atoms with Gasteiger partial charge in [0.1, 0.15) is 5.54 Å². The third kappa shape index (κ3) is 2.72. The van der Waals surface area contributed by atoms with Crippen LogP contribution in [0.4, 0.5) is 5.69 Å². The fourth-order valence-corrected chi connectivity index (χ4v) is 2.07. The van der Waals surface area contributed by atoms with E-state index in [1.807, 2.05) is 44.3 Å². The van der Waals surface area contributed by atoms with Gasteiger partial charge in [-0.1, -0.05) is 37.3 Å². The number of rotatable bonds is 4. The molecule has 0 bridgehead atoms.